The standard InChI is InChI=1S/C27H23N5O/c33-27(28-19-23-7-1-4-10-26(23)32-18-6-16-30-32)25-9-3-2-8-24(25)22-13-11-21(12-14-22)20-31-17-5-15-29-31/h1-18H,19-20H2,(H,28,33). The molecule has 0 atom stereocenters. The molecule has 0 aliphatic rings. The van der Waals surface area contributed by atoms with Crippen LogP contribution in [0.4, 0.5) is 0 Å². The highest BCUT2D eigenvalue weighted by molar-refractivity contribution is 6.00. The number of hydrogen-bond donors (Lipinski definition) is 1. The number of carbonyl (C=O) groups excluding carboxylic acids is 1. The number of nitrogens with zero attached hydrogens (tertiary/aromatic N) is 4. The van der Waals surface area contributed by atoms with Gasteiger partial charge in [-0.15, -0.1) is 0 Å². The maximum absolute atomic E-state index is 13.1. The average Bonchev–Trinajstić information content (AvgIpc) is 3.58. The second kappa shape index (κ2) is 9.36. The molecule has 0 fully saturated rings. The van der Waals surface area contributed by atoms with Gasteiger partial charge in [0.1, 0.15) is 0 Å². The summed E-state index contributed by atoms with van der Waals surface area (Å²) in [5.74, 6) is -0.110. The molecule has 2 heterocycles. The van der Waals surface area contributed by atoms with Crippen molar-refractivity contribution < 1.29 is 4.79 Å². The third-order valence-corrected chi connectivity index (χ3v) is 5.52. The molecule has 0 spiro atoms. The van der Waals surface area contributed by atoms with Gasteiger partial charge in [0.05, 0.1) is 12.2 Å². The minimum absolute atomic E-state index is 0.110. The maximum Gasteiger partial charge on any atom is 0.252 e. The second-order valence-corrected chi connectivity index (χ2v) is 7.71. The van der Waals surface area contributed by atoms with Gasteiger partial charge in [0, 0.05) is 36.9 Å². The van der Waals surface area contributed by atoms with E-state index >= 15 is 0 Å². The summed E-state index contributed by atoms with van der Waals surface area (Å²) in [4.78, 5) is 13.1. The number of para-hydroxylation sites is 1. The van der Waals surface area contributed by atoms with Crippen LogP contribution < -0.4 is 5.32 Å². The molecule has 2 aromatic heterocycles. The maximum atomic E-state index is 13.1. The van der Waals surface area contributed by atoms with Crippen LogP contribution in [0.2, 0.25) is 0 Å². The summed E-state index contributed by atoms with van der Waals surface area (Å²) < 4.78 is 3.69. The van der Waals surface area contributed by atoms with Gasteiger partial charge in [0.25, 0.3) is 5.91 Å². The Hall–Kier alpha value is -4.45. The molecular weight excluding hydrogens is 410 g/mol. The second-order valence-electron chi connectivity index (χ2n) is 7.71. The van der Waals surface area contributed by atoms with Gasteiger partial charge in [-0.3, -0.25) is 9.48 Å². The quantitative estimate of drug-likeness (QED) is 0.404. The van der Waals surface area contributed by atoms with Crippen LogP contribution in [0.5, 0.6) is 0 Å². The number of nitrogens with one attached hydrogen (secondary N) is 1. The lowest BCUT2D eigenvalue weighted by molar-refractivity contribution is 0.0951. The zero-order chi connectivity index (χ0) is 22.5. The van der Waals surface area contributed by atoms with E-state index in [9.17, 15) is 4.79 Å². The van der Waals surface area contributed by atoms with Gasteiger partial charge in [-0.05, 0) is 46.5 Å². The van der Waals surface area contributed by atoms with Crippen molar-refractivity contribution in [1.82, 2.24) is 24.9 Å². The van der Waals surface area contributed by atoms with Gasteiger partial charge in [-0.2, -0.15) is 10.2 Å². The van der Waals surface area contributed by atoms with Crippen LogP contribution in [-0.2, 0) is 13.1 Å². The fraction of sp³-hybridized carbons (Fsp3) is 0.0741. The number of carbonyl (C=O) groups is 1. The lowest BCUT2D eigenvalue weighted by atomic mass is 9.98. The Balaban J connectivity index is 1.34. The van der Waals surface area contributed by atoms with Crippen molar-refractivity contribution >= 4 is 5.91 Å². The lowest BCUT2D eigenvalue weighted by Crippen LogP contribution is -2.24. The number of amides is 1. The molecule has 1 amide bonds. The number of rotatable bonds is 7. The monoisotopic (exact) mass is 433 g/mol. The van der Waals surface area contributed by atoms with Crippen molar-refractivity contribution in [2.45, 2.75) is 13.1 Å². The number of hydrogen-bond acceptors (Lipinski definition) is 3. The molecule has 0 saturated heterocycles. The summed E-state index contributed by atoms with van der Waals surface area (Å²) in [5.41, 5.74) is 5.65. The van der Waals surface area contributed by atoms with Crippen molar-refractivity contribution in [3.63, 3.8) is 0 Å². The molecule has 3 aromatic carbocycles. The summed E-state index contributed by atoms with van der Waals surface area (Å²) in [7, 11) is 0. The molecule has 0 bridgehead atoms. The molecule has 6 heteroatoms. The summed E-state index contributed by atoms with van der Waals surface area (Å²) in [6.45, 7) is 1.12. The first kappa shape index (κ1) is 20.5. The molecule has 5 rings (SSSR count). The van der Waals surface area contributed by atoms with Gasteiger partial charge >= 0.3 is 0 Å². The molecular formula is C27H23N5O. The van der Waals surface area contributed by atoms with Crippen molar-refractivity contribution in [2.75, 3.05) is 0 Å². The topological polar surface area (TPSA) is 64.7 Å². The number of benzene rings is 3. The van der Waals surface area contributed by atoms with Crippen molar-refractivity contribution in [2.24, 2.45) is 0 Å². The van der Waals surface area contributed by atoms with E-state index in [0.717, 1.165) is 27.9 Å². The highest BCUT2D eigenvalue weighted by atomic mass is 16.1. The Labute approximate surface area is 192 Å². The van der Waals surface area contributed by atoms with Crippen LogP contribution in [0.25, 0.3) is 16.8 Å². The van der Waals surface area contributed by atoms with E-state index in [1.807, 2.05) is 77.7 Å². The predicted molar refractivity (Wildman–Crippen MR) is 128 cm³/mol. The molecule has 6 nitrogen and oxygen atoms in total. The van der Waals surface area contributed by atoms with Crippen molar-refractivity contribution in [1.29, 1.82) is 0 Å². The summed E-state index contributed by atoms with van der Waals surface area (Å²) in [6, 6.07) is 27.7. The Morgan fingerprint density at radius 3 is 2.33 bits per heavy atom. The summed E-state index contributed by atoms with van der Waals surface area (Å²) in [6.07, 6.45) is 7.35. The normalized spacial score (nSPS) is 10.8. The van der Waals surface area contributed by atoms with Gasteiger partial charge in [0.2, 0.25) is 0 Å². The minimum Gasteiger partial charge on any atom is -0.348 e. The smallest absolute Gasteiger partial charge is 0.252 e. The third kappa shape index (κ3) is 4.60. The van der Waals surface area contributed by atoms with Crippen LogP contribution in [0.3, 0.4) is 0 Å². The first-order chi connectivity index (χ1) is 16.3. The summed E-state index contributed by atoms with van der Waals surface area (Å²) >= 11 is 0. The molecule has 0 unspecified atom stereocenters. The SMILES string of the molecule is O=C(NCc1ccccc1-n1cccn1)c1ccccc1-c1ccc(Cn2cccn2)cc1. The van der Waals surface area contributed by atoms with E-state index in [1.165, 1.54) is 0 Å². The highest BCUT2D eigenvalue weighted by Gasteiger charge is 2.13. The molecule has 0 aliphatic heterocycles. The van der Waals surface area contributed by atoms with E-state index in [2.05, 4.69) is 39.8 Å². The number of aromatic nitrogens is 4. The largest absolute Gasteiger partial charge is 0.348 e. The van der Waals surface area contributed by atoms with E-state index in [-0.39, 0.29) is 5.91 Å². The highest BCUT2D eigenvalue weighted by Crippen LogP contribution is 2.24. The lowest BCUT2D eigenvalue weighted by Gasteiger charge is -2.13. The fourth-order valence-electron chi connectivity index (χ4n) is 3.87. The van der Waals surface area contributed by atoms with Crippen LogP contribution in [0, 0.1) is 0 Å². The average molecular weight is 434 g/mol. The molecule has 162 valence electrons. The van der Waals surface area contributed by atoms with Gasteiger partial charge in [-0.1, -0.05) is 60.7 Å². The van der Waals surface area contributed by atoms with Crippen LogP contribution in [0.1, 0.15) is 21.5 Å². The van der Waals surface area contributed by atoms with Crippen molar-refractivity contribution in [3.05, 3.63) is 126 Å². The fourth-order valence-corrected chi connectivity index (χ4v) is 3.87. The van der Waals surface area contributed by atoms with E-state index in [1.54, 1.807) is 17.1 Å². The van der Waals surface area contributed by atoms with Gasteiger partial charge in [-0.25, -0.2) is 4.68 Å². The Kier molecular flexibility index (Phi) is 5.80. The van der Waals surface area contributed by atoms with E-state index in [4.69, 9.17) is 0 Å². The molecule has 0 radical (unpaired) electrons. The third-order valence-electron chi connectivity index (χ3n) is 5.52. The molecule has 33 heavy (non-hydrogen) atoms. The van der Waals surface area contributed by atoms with Crippen LogP contribution >= 0.6 is 0 Å². The molecule has 5 aromatic rings. The first-order valence-corrected chi connectivity index (χ1v) is 10.8. The minimum atomic E-state index is -0.110. The van der Waals surface area contributed by atoms with Crippen LogP contribution in [0.15, 0.2) is 110 Å². The Bertz CT molecular complexity index is 1340. The molecule has 1 N–H and O–H groups in total. The predicted octanol–water partition coefficient (Wildman–Crippen LogP) is 4.71. The zero-order valence-corrected chi connectivity index (χ0v) is 18.0. The Morgan fingerprint density at radius 1 is 0.788 bits per heavy atom. The first-order valence-electron chi connectivity index (χ1n) is 10.8. The van der Waals surface area contributed by atoms with E-state index < -0.39 is 0 Å². The molecule has 0 saturated carbocycles. The van der Waals surface area contributed by atoms with E-state index in [0.29, 0.717) is 18.7 Å². The molecule has 0 aliphatic carbocycles. The van der Waals surface area contributed by atoms with Gasteiger partial charge < -0.3 is 5.32 Å². The zero-order valence-electron chi connectivity index (χ0n) is 18.0. The summed E-state index contributed by atoms with van der Waals surface area (Å²) in [5, 5.41) is 11.6. The van der Waals surface area contributed by atoms with Crippen molar-refractivity contribution in [3.8, 4) is 16.8 Å². The Morgan fingerprint density at radius 2 is 1.55 bits per heavy atom. The van der Waals surface area contributed by atoms with Gasteiger partial charge in [0.15, 0.2) is 0 Å². The van der Waals surface area contributed by atoms with Crippen LogP contribution in [-0.4, -0.2) is 25.5 Å².